The van der Waals surface area contributed by atoms with Gasteiger partial charge in [-0.05, 0) is 59.6 Å². The maximum atomic E-state index is 5.71. The van der Waals surface area contributed by atoms with Gasteiger partial charge in [0.05, 0.1) is 0 Å². The van der Waals surface area contributed by atoms with Crippen molar-refractivity contribution in [1.82, 2.24) is 0 Å². The van der Waals surface area contributed by atoms with Crippen LogP contribution in [0.4, 0.5) is 0 Å². The van der Waals surface area contributed by atoms with Crippen LogP contribution in [0.1, 0.15) is 20.8 Å². The highest BCUT2D eigenvalue weighted by molar-refractivity contribution is 5.58. The Labute approximate surface area is 152 Å². The third kappa shape index (κ3) is 6.40. The Hall–Kier alpha value is -2.64. The quantitative estimate of drug-likeness (QED) is 0.739. The summed E-state index contributed by atoms with van der Waals surface area (Å²) in [6.07, 6.45) is 12.3. The first-order chi connectivity index (χ1) is 11.9. The van der Waals surface area contributed by atoms with Gasteiger partial charge in [0.2, 0.25) is 0 Å². The van der Waals surface area contributed by atoms with E-state index in [2.05, 4.69) is 51.0 Å². The minimum atomic E-state index is 0.501. The molecule has 0 saturated carbocycles. The molecule has 1 nitrogen and oxygen atoms in total. The van der Waals surface area contributed by atoms with Gasteiger partial charge < -0.3 is 5.73 Å². The van der Waals surface area contributed by atoms with E-state index in [9.17, 15) is 0 Å². The molecule has 0 unspecified atom stereocenters. The van der Waals surface area contributed by atoms with Crippen molar-refractivity contribution in [1.29, 1.82) is 0 Å². The third-order valence-corrected chi connectivity index (χ3v) is 3.85. The van der Waals surface area contributed by atoms with E-state index < -0.39 is 0 Å². The Morgan fingerprint density at radius 3 is 2.40 bits per heavy atom. The summed E-state index contributed by atoms with van der Waals surface area (Å²) >= 11 is 0. The highest BCUT2D eigenvalue weighted by Crippen LogP contribution is 2.23. The van der Waals surface area contributed by atoms with E-state index in [1.165, 1.54) is 0 Å². The van der Waals surface area contributed by atoms with Crippen LogP contribution in [0, 0.1) is 0 Å². The fourth-order valence-corrected chi connectivity index (χ4v) is 2.40. The van der Waals surface area contributed by atoms with E-state index in [4.69, 9.17) is 5.73 Å². The normalized spacial score (nSPS) is 14.2. The van der Waals surface area contributed by atoms with Crippen LogP contribution in [0.2, 0.25) is 0 Å². The van der Waals surface area contributed by atoms with Crippen molar-refractivity contribution in [2.45, 2.75) is 20.8 Å². The third-order valence-electron chi connectivity index (χ3n) is 3.85. The zero-order chi connectivity index (χ0) is 18.8. The molecule has 0 aliphatic carbocycles. The molecular formula is C24H29N. The predicted molar refractivity (Wildman–Crippen MR) is 113 cm³/mol. The number of allylic oxidation sites excluding steroid dienone is 9. The predicted octanol–water partition coefficient (Wildman–Crippen LogP) is 4.34. The molecule has 1 aromatic rings. The molecule has 0 atom stereocenters. The average molecular weight is 332 g/mol. The maximum Gasteiger partial charge on any atom is 0.0112 e. The summed E-state index contributed by atoms with van der Waals surface area (Å²) in [5.74, 6) is 0. The molecule has 0 aromatic heterocycles. The average Bonchev–Trinajstić information content (AvgIpc) is 2.56. The minimum absolute atomic E-state index is 0.501. The number of hydrogen-bond acceptors (Lipinski definition) is 1. The summed E-state index contributed by atoms with van der Waals surface area (Å²) in [6.45, 7) is 18.9. The van der Waals surface area contributed by atoms with Crippen LogP contribution >= 0.6 is 0 Å². The lowest BCUT2D eigenvalue weighted by atomic mass is 9.95. The first kappa shape index (κ1) is 20.4. The van der Waals surface area contributed by atoms with Crippen molar-refractivity contribution >= 4 is 12.7 Å². The molecular weight excluding hydrogens is 302 g/mol. The van der Waals surface area contributed by atoms with Crippen molar-refractivity contribution in [3.05, 3.63) is 106 Å². The summed E-state index contributed by atoms with van der Waals surface area (Å²) in [5.41, 5.74) is 10.9. The van der Waals surface area contributed by atoms with Gasteiger partial charge >= 0.3 is 0 Å². The topological polar surface area (TPSA) is 26.0 Å². The first-order valence-electron chi connectivity index (χ1n) is 8.43. The van der Waals surface area contributed by atoms with Gasteiger partial charge in [-0.1, -0.05) is 80.0 Å². The summed E-state index contributed by atoms with van der Waals surface area (Å²) < 4.78 is 0. The van der Waals surface area contributed by atoms with E-state index in [1.807, 2.05) is 50.3 Å². The molecule has 0 aliphatic heterocycles. The summed E-state index contributed by atoms with van der Waals surface area (Å²) in [4.78, 5) is 0. The van der Waals surface area contributed by atoms with E-state index in [1.54, 1.807) is 0 Å². The van der Waals surface area contributed by atoms with Gasteiger partial charge in [-0.2, -0.15) is 0 Å². The second-order valence-corrected chi connectivity index (χ2v) is 5.97. The van der Waals surface area contributed by atoms with E-state index in [-0.39, 0.29) is 0 Å². The van der Waals surface area contributed by atoms with Crippen molar-refractivity contribution in [2.75, 3.05) is 6.54 Å². The zero-order valence-corrected chi connectivity index (χ0v) is 15.7. The molecule has 25 heavy (non-hydrogen) atoms. The second kappa shape index (κ2) is 10.3. The van der Waals surface area contributed by atoms with Crippen molar-refractivity contribution in [3.8, 4) is 0 Å². The van der Waals surface area contributed by atoms with Crippen LogP contribution in [0.3, 0.4) is 0 Å². The molecule has 0 fully saturated rings. The van der Waals surface area contributed by atoms with Crippen LogP contribution in [0.25, 0.3) is 12.7 Å². The van der Waals surface area contributed by atoms with E-state index >= 15 is 0 Å². The van der Waals surface area contributed by atoms with Gasteiger partial charge in [-0.3, -0.25) is 0 Å². The molecule has 1 heteroatoms. The van der Waals surface area contributed by atoms with Crippen molar-refractivity contribution in [2.24, 2.45) is 5.73 Å². The fourth-order valence-electron chi connectivity index (χ4n) is 2.40. The van der Waals surface area contributed by atoms with E-state index in [0.717, 1.165) is 38.3 Å². The number of nitrogens with two attached hydrogens (primary N) is 1. The van der Waals surface area contributed by atoms with Crippen molar-refractivity contribution in [3.63, 3.8) is 0 Å². The Bertz CT molecular complexity index is 858. The summed E-state index contributed by atoms with van der Waals surface area (Å²) in [5, 5.41) is 2.10. The van der Waals surface area contributed by atoms with Gasteiger partial charge in [-0.15, -0.1) is 0 Å². The largest absolute Gasteiger partial charge is 0.327 e. The highest BCUT2D eigenvalue weighted by atomic mass is 14.5. The standard InChI is InChI=1S/C24H29N/c1-7-10-21(6)24(18(2)3)17-23(20(5)15-16-25)14-13-22-12-9-8-11-19(22)4/h7-15,17H,2,4,6,16,25H2,1,3,5H3/b10-7-,20-15-,22-13-,23-14+,24-17-. The van der Waals surface area contributed by atoms with Crippen LogP contribution in [-0.2, 0) is 0 Å². The van der Waals surface area contributed by atoms with Crippen LogP contribution in [-0.4, -0.2) is 6.54 Å². The Morgan fingerprint density at radius 1 is 1.16 bits per heavy atom. The lowest BCUT2D eigenvalue weighted by Gasteiger charge is -2.10. The van der Waals surface area contributed by atoms with Gasteiger partial charge in [0.25, 0.3) is 0 Å². The van der Waals surface area contributed by atoms with Gasteiger partial charge in [0.1, 0.15) is 0 Å². The highest BCUT2D eigenvalue weighted by Gasteiger charge is 2.04. The second-order valence-electron chi connectivity index (χ2n) is 5.97. The van der Waals surface area contributed by atoms with Gasteiger partial charge in [0.15, 0.2) is 0 Å². The lowest BCUT2D eigenvalue weighted by Crippen LogP contribution is -2.21. The maximum absolute atomic E-state index is 5.71. The van der Waals surface area contributed by atoms with Gasteiger partial charge in [0, 0.05) is 6.54 Å². The molecule has 2 N–H and O–H groups in total. The van der Waals surface area contributed by atoms with E-state index in [0.29, 0.717) is 6.54 Å². The SMILES string of the molecule is C=C(C)/C(=C/C(=C\C=c1\ccccc1=C)C(/C)=C\CN)C(=C)/C=C\C. The van der Waals surface area contributed by atoms with Gasteiger partial charge in [-0.25, -0.2) is 0 Å². The molecule has 0 heterocycles. The Balaban J connectivity index is 3.53. The molecule has 0 spiro atoms. The smallest absolute Gasteiger partial charge is 0.0112 e. The summed E-state index contributed by atoms with van der Waals surface area (Å²) in [7, 11) is 0. The van der Waals surface area contributed by atoms with Crippen LogP contribution < -0.4 is 16.2 Å². The molecule has 0 radical (unpaired) electrons. The Kier molecular flexibility index (Phi) is 8.38. The number of rotatable bonds is 7. The minimum Gasteiger partial charge on any atom is -0.327 e. The summed E-state index contributed by atoms with van der Waals surface area (Å²) in [6, 6.07) is 8.06. The molecule has 0 bridgehead atoms. The molecule has 1 aromatic carbocycles. The molecule has 0 aliphatic rings. The first-order valence-corrected chi connectivity index (χ1v) is 8.43. The zero-order valence-electron chi connectivity index (χ0n) is 15.7. The van der Waals surface area contributed by atoms with Crippen molar-refractivity contribution < 1.29 is 0 Å². The van der Waals surface area contributed by atoms with Crippen LogP contribution in [0.15, 0.2) is 95.7 Å². The fraction of sp³-hybridized carbons (Fsp3) is 0.167. The Morgan fingerprint density at radius 2 is 1.84 bits per heavy atom. The number of hydrogen-bond donors (Lipinski definition) is 1. The lowest BCUT2D eigenvalue weighted by molar-refractivity contribution is 1.21. The number of benzene rings is 1. The molecule has 0 amide bonds. The van der Waals surface area contributed by atoms with Crippen LogP contribution in [0.5, 0.6) is 0 Å². The molecule has 0 saturated heterocycles. The molecule has 1 rings (SSSR count). The molecule has 130 valence electrons. The monoisotopic (exact) mass is 331 g/mol.